The van der Waals surface area contributed by atoms with E-state index in [9.17, 15) is 5.11 Å². The lowest BCUT2D eigenvalue weighted by Crippen LogP contribution is -2.34. The predicted molar refractivity (Wildman–Crippen MR) is 78.4 cm³/mol. The third-order valence-corrected chi connectivity index (χ3v) is 3.98. The summed E-state index contributed by atoms with van der Waals surface area (Å²) in [6.45, 7) is 2.59. The minimum atomic E-state index is 0.0961. The van der Waals surface area contributed by atoms with Crippen LogP contribution in [0.1, 0.15) is 32.1 Å². The topological polar surface area (TPSA) is 65.4 Å². The normalized spacial score (nSPS) is 19.2. The lowest BCUT2D eigenvalue weighted by atomic mass is 10.1. The van der Waals surface area contributed by atoms with Crippen LogP contribution in [0.25, 0.3) is 0 Å². The van der Waals surface area contributed by atoms with Crippen molar-refractivity contribution < 1.29 is 5.11 Å². The second-order valence-corrected chi connectivity index (χ2v) is 5.74. The zero-order valence-electron chi connectivity index (χ0n) is 11.5. The quantitative estimate of drug-likeness (QED) is 0.888. The molecule has 0 spiro atoms. The van der Waals surface area contributed by atoms with Crippen molar-refractivity contribution in [3.63, 3.8) is 0 Å². The average Bonchev–Trinajstić information content (AvgIpc) is 3.29. The number of halogens is 1. The van der Waals surface area contributed by atoms with E-state index in [1.54, 1.807) is 0 Å². The molecule has 1 aliphatic carbocycles. The van der Waals surface area contributed by atoms with E-state index in [0.717, 1.165) is 25.9 Å². The van der Waals surface area contributed by atoms with Gasteiger partial charge in [0.15, 0.2) is 0 Å². The third kappa shape index (κ3) is 3.12. The molecular formula is C13H20ClN5O. The molecule has 1 aromatic heterocycles. The Morgan fingerprint density at radius 3 is 2.55 bits per heavy atom. The molecule has 2 heterocycles. The van der Waals surface area contributed by atoms with E-state index < -0.39 is 0 Å². The summed E-state index contributed by atoms with van der Waals surface area (Å²) in [6.07, 6.45) is 5.86. The van der Waals surface area contributed by atoms with Crippen LogP contribution in [-0.4, -0.2) is 52.3 Å². The molecule has 1 saturated carbocycles. The molecule has 2 fully saturated rings. The van der Waals surface area contributed by atoms with Crippen molar-refractivity contribution in [3.05, 3.63) is 5.28 Å². The predicted octanol–water partition coefficient (Wildman–Crippen LogP) is 1.48. The van der Waals surface area contributed by atoms with Gasteiger partial charge in [0.05, 0.1) is 6.61 Å². The number of nitrogens with zero attached hydrogens (tertiary/aromatic N) is 5. The summed E-state index contributed by atoms with van der Waals surface area (Å²) in [5.41, 5.74) is 0. The Kier molecular flexibility index (Phi) is 4.21. The fourth-order valence-corrected chi connectivity index (χ4v) is 2.78. The molecule has 0 bridgehead atoms. The van der Waals surface area contributed by atoms with Gasteiger partial charge in [0.25, 0.3) is 0 Å². The van der Waals surface area contributed by atoms with Gasteiger partial charge in [-0.1, -0.05) is 0 Å². The van der Waals surface area contributed by atoms with Crippen LogP contribution in [0.4, 0.5) is 11.9 Å². The Bertz CT molecular complexity index is 462. The van der Waals surface area contributed by atoms with Gasteiger partial charge in [0.2, 0.25) is 17.2 Å². The Morgan fingerprint density at radius 2 is 1.90 bits per heavy atom. The number of aliphatic hydroxyl groups is 1. The standard InChI is InChI=1S/C13H20ClN5O/c14-11-15-12(18-6-2-1-3-7-18)17-13(16-11)19(8-9-20)10-4-5-10/h10,20H,1-9H2. The summed E-state index contributed by atoms with van der Waals surface area (Å²) < 4.78 is 0. The molecule has 20 heavy (non-hydrogen) atoms. The van der Waals surface area contributed by atoms with Gasteiger partial charge in [-0.2, -0.15) is 15.0 Å². The molecule has 6 nitrogen and oxygen atoms in total. The highest BCUT2D eigenvalue weighted by Gasteiger charge is 2.31. The van der Waals surface area contributed by atoms with E-state index in [2.05, 4.69) is 19.9 Å². The monoisotopic (exact) mass is 297 g/mol. The summed E-state index contributed by atoms with van der Waals surface area (Å²) in [6, 6.07) is 0.440. The molecule has 0 radical (unpaired) electrons. The first-order valence-electron chi connectivity index (χ1n) is 7.32. The molecule has 0 amide bonds. The highest BCUT2D eigenvalue weighted by molar-refractivity contribution is 6.28. The maximum Gasteiger partial charge on any atom is 0.231 e. The highest BCUT2D eigenvalue weighted by atomic mass is 35.5. The summed E-state index contributed by atoms with van der Waals surface area (Å²) in [5, 5.41) is 9.44. The molecule has 1 aliphatic heterocycles. The summed E-state index contributed by atoms with van der Waals surface area (Å²) in [7, 11) is 0. The van der Waals surface area contributed by atoms with Crippen LogP contribution in [0.3, 0.4) is 0 Å². The number of hydrogen-bond donors (Lipinski definition) is 1. The zero-order valence-corrected chi connectivity index (χ0v) is 12.3. The average molecular weight is 298 g/mol. The molecule has 110 valence electrons. The number of piperidine rings is 1. The Balaban J connectivity index is 1.84. The second kappa shape index (κ2) is 6.10. The molecule has 7 heteroatoms. The van der Waals surface area contributed by atoms with E-state index in [0.29, 0.717) is 24.5 Å². The van der Waals surface area contributed by atoms with Crippen LogP contribution in [0, 0.1) is 0 Å². The van der Waals surface area contributed by atoms with Crippen molar-refractivity contribution in [2.24, 2.45) is 0 Å². The van der Waals surface area contributed by atoms with Crippen molar-refractivity contribution in [2.75, 3.05) is 36.0 Å². The number of rotatable bonds is 5. The number of hydrogen-bond acceptors (Lipinski definition) is 6. The molecule has 2 aliphatic rings. The number of aromatic nitrogens is 3. The van der Waals surface area contributed by atoms with Crippen molar-refractivity contribution in [1.29, 1.82) is 0 Å². The van der Waals surface area contributed by atoms with Gasteiger partial charge in [-0.3, -0.25) is 0 Å². The Morgan fingerprint density at radius 1 is 1.15 bits per heavy atom. The van der Waals surface area contributed by atoms with Crippen LogP contribution in [0.2, 0.25) is 5.28 Å². The smallest absolute Gasteiger partial charge is 0.231 e. The van der Waals surface area contributed by atoms with E-state index in [1.165, 1.54) is 19.3 Å². The summed E-state index contributed by atoms with van der Waals surface area (Å²) in [4.78, 5) is 17.3. The van der Waals surface area contributed by atoms with Gasteiger partial charge in [-0.05, 0) is 43.7 Å². The first kappa shape index (κ1) is 13.8. The maximum absolute atomic E-state index is 9.21. The lowest BCUT2D eigenvalue weighted by Gasteiger charge is -2.28. The molecule has 1 aromatic rings. The van der Waals surface area contributed by atoms with Gasteiger partial charge >= 0.3 is 0 Å². The van der Waals surface area contributed by atoms with Crippen LogP contribution in [0.15, 0.2) is 0 Å². The summed E-state index contributed by atoms with van der Waals surface area (Å²) in [5.74, 6) is 1.27. The molecule has 0 unspecified atom stereocenters. The molecule has 1 N–H and O–H groups in total. The minimum absolute atomic E-state index is 0.0961. The lowest BCUT2D eigenvalue weighted by molar-refractivity contribution is 0.300. The Hall–Kier alpha value is -1.14. The first-order valence-corrected chi connectivity index (χ1v) is 7.70. The molecule has 1 saturated heterocycles. The largest absolute Gasteiger partial charge is 0.395 e. The third-order valence-electron chi connectivity index (χ3n) is 3.81. The van der Waals surface area contributed by atoms with Crippen LogP contribution in [0.5, 0.6) is 0 Å². The van der Waals surface area contributed by atoms with Gasteiger partial charge in [0.1, 0.15) is 0 Å². The first-order chi connectivity index (χ1) is 9.78. The van der Waals surface area contributed by atoms with E-state index in [-0.39, 0.29) is 11.9 Å². The number of anilines is 2. The molecule has 3 rings (SSSR count). The Labute approximate surface area is 123 Å². The zero-order chi connectivity index (χ0) is 13.9. The second-order valence-electron chi connectivity index (χ2n) is 5.40. The van der Waals surface area contributed by atoms with Crippen LogP contribution in [-0.2, 0) is 0 Å². The van der Waals surface area contributed by atoms with Gasteiger partial charge in [0, 0.05) is 25.7 Å². The van der Waals surface area contributed by atoms with Crippen molar-refractivity contribution in [2.45, 2.75) is 38.1 Å². The van der Waals surface area contributed by atoms with Crippen molar-refractivity contribution in [3.8, 4) is 0 Å². The van der Waals surface area contributed by atoms with E-state index in [4.69, 9.17) is 11.6 Å². The minimum Gasteiger partial charge on any atom is -0.395 e. The molecule has 0 aromatic carbocycles. The molecular weight excluding hydrogens is 278 g/mol. The van der Waals surface area contributed by atoms with E-state index >= 15 is 0 Å². The van der Waals surface area contributed by atoms with Crippen LogP contribution < -0.4 is 9.80 Å². The van der Waals surface area contributed by atoms with Gasteiger partial charge in [-0.15, -0.1) is 0 Å². The fraction of sp³-hybridized carbons (Fsp3) is 0.769. The van der Waals surface area contributed by atoms with Gasteiger partial charge < -0.3 is 14.9 Å². The van der Waals surface area contributed by atoms with Crippen LogP contribution >= 0.6 is 11.6 Å². The SMILES string of the molecule is OCCN(c1nc(Cl)nc(N2CCCCC2)n1)C1CC1. The fourth-order valence-electron chi connectivity index (χ4n) is 2.63. The molecule has 0 atom stereocenters. The van der Waals surface area contributed by atoms with Crippen molar-refractivity contribution >= 4 is 23.5 Å². The maximum atomic E-state index is 9.21. The number of aliphatic hydroxyl groups excluding tert-OH is 1. The van der Waals surface area contributed by atoms with Crippen molar-refractivity contribution in [1.82, 2.24) is 15.0 Å². The van der Waals surface area contributed by atoms with E-state index in [1.807, 2.05) is 4.90 Å². The van der Waals surface area contributed by atoms with Gasteiger partial charge in [-0.25, -0.2) is 0 Å². The summed E-state index contributed by atoms with van der Waals surface area (Å²) >= 11 is 6.06. The highest BCUT2D eigenvalue weighted by Crippen LogP contribution is 2.30.